The minimum Gasteiger partial charge on any atom is -0.509 e. The van der Waals surface area contributed by atoms with E-state index in [1.54, 1.807) is 0 Å². The van der Waals surface area contributed by atoms with Crippen molar-refractivity contribution in [3.63, 3.8) is 0 Å². The molecule has 6 nitrogen and oxygen atoms in total. The molecular weight excluding hydrogens is 208 g/mol. The number of carboxylic acids is 1. The van der Waals surface area contributed by atoms with Gasteiger partial charge < -0.3 is 15.9 Å². The Morgan fingerprint density at radius 1 is 1.64 bits per heavy atom. The molecule has 0 radical (unpaired) electrons. The number of nitrogens with zero attached hydrogens (tertiary/aromatic N) is 1. The third-order valence-corrected chi connectivity index (χ3v) is 3.48. The number of carbonyl (C=O) groups excluding carboxylic acids is 1. The first-order valence-corrected chi connectivity index (χ1v) is 4.94. The molecule has 0 aromatic heterocycles. The molecule has 0 aromatic rings. The number of carboxylic acid groups (broad SMARTS) is 1. The van der Waals surface area contributed by atoms with E-state index in [9.17, 15) is 14.7 Å². The first kappa shape index (κ1) is 9.35. The van der Waals surface area contributed by atoms with Gasteiger partial charge in [0.15, 0.2) is 5.70 Å². The van der Waals surface area contributed by atoms with Gasteiger partial charge in [-0.1, -0.05) is 0 Å². The highest BCUT2D eigenvalue weighted by Crippen LogP contribution is 2.38. The van der Waals surface area contributed by atoms with Crippen molar-refractivity contribution in [2.24, 2.45) is 5.73 Å². The SMILES string of the molecule is NC1C(=O)N2C(C(=O)O)=C(O)CS[C@H]12. The van der Waals surface area contributed by atoms with Crippen LogP contribution in [0.1, 0.15) is 0 Å². The molecule has 1 saturated heterocycles. The van der Waals surface area contributed by atoms with Crippen molar-refractivity contribution >= 4 is 23.6 Å². The Morgan fingerprint density at radius 2 is 2.29 bits per heavy atom. The van der Waals surface area contributed by atoms with Crippen LogP contribution in [0, 0.1) is 0 Å². The van der Waals surface area contributed by atoms with Crippen LogP contribution in [0.5, 0.6) is 0 Å². The van der Waals surface area contributed by atoms with Crippen molar-refractivity contribution in [3.05, 3.63) is 11.5 Å². The van der Waals surface area contributed by atoms with Gasteiger partial charge in [0.1, 0.15) is 17.2 Å². The van der Waals surface area contributed by atoms with Crippen LogP contribution in [0.3, 0.4) is 0 Å². The zero-order valence-corrected chi connectivity index (χ0v) is 7.82. The van der Waals surface area contributed by atoms with Crippen LogP contribution < -0.4 is 5.73 Å². The molecule has 14 heavy (non-hydrogen) atoms. The number of aliphatic hydroxyl groups is 1. The van der Waals surface area contributed by atoms with Gasteiger partial charge in [0.2, 0.25) is 5.91 Å². The molecule has 1 fully saturated rings. The smallest absolute Gasteiger partial charge is 0.356 e. The monoisotopic (exact) mass is 216 g/mol. The van der Waals surface area contributed by atoms with E-state index in [1.165, 1.54) is 11.8 Å². The number of hydrogen-bond donors (Lipinski definition) is 3. The number of rotatable bonds is 1. The molecular formula is C7H8N2O4S. The number of thioether (sulfide) groups is 1. The fraction of sp³-hybridized carbons (Fsp3) is 0.429. The highest BCUT2D eigenvalue weighted by atomic mass is 32.2. The Kier molecular flexibility index (Phi) is 1.93. The molecule has 0 saturated carbocycles. The fourth-order valence-electron chi connectivity index (χ4n) is 1.50. The zero-order chi connectivity index (χ0) is 10.5. The lowest BCUT2D eigenvalue weighted by atomic mass is 10.1. The van der Waals surface area contributed by atoms with Crippen LogP contribution in [0.15, 0.2) is 11.5 Å². The minimum atomic E-state index is -1.30. The summed E-state index contributed by atoms with van der Waals surface area (Å²) in [6.45, 7) is 0. The van der Waals surface area contributed by atoms with Gasteiger partial charge in [0.25, 0.3) is 0 Å². The van der Waals surface area contributed by atoms with Crippen molar-refractivity contribution < 1.29 is 19.8 Å². The molecule has 7 heteroatoms. The topological polar surface area (TPSA) is 104 Å². The number of amides is 1. The molecule has 1 unspecified atom stereocenters. The lowest BCUT2D eigenvalue weighted by Crippen LogP contribution is -2.68. The van der Waals surface area contributed by atoms with Crippen molar-refractivity contribution in [1.29, 1.82) is 0 Å². The standard InChI is InChI=1S/C7H8N2O4S/c8-3-5(11)9-4(7(12)13)2(10)1-14-6(3)9/h3,6,10H,1,8H2,(H,12,13)/t3?,6-/m1/s1. The molecule has 0 bridgehead atoms. The maximum Gasteiger partial charge on any atom is 0.356 e. The molecule has 0 spiro atoms. The summed E-state index contributed by atoms with van der Waals surface area (Å²) in [6, 6.07) is -0.651. The first-order valence-electron chi connectivity index (χ1n) is 3.89. The Bertz CT molecular complexity index is 354. The average molecular weight is 216 g/mol. The van der Waals surface area contributed by atoms with Crippen LogP contribution in [0.2, 0.25) is 0 Å². The van der Waals surface area contributed by atoms with Gasteiger partial charge in [0, 0.05) is 0 Å². The second-order valence-electron chi connectivity index (χ2n) is 3.04. The van der Waals surface area contributed by atoms with Crippen molar-refractivity contribution in [2.45, 2.75) is 11.4 Å². The van der Waals surface area contributed by atoms with Crippen molar-refractivity contribution in [1.82, 2.24) is 4.90 Å². The predicted octanol–water partition coefficient (Wildman–Crippen LogP) is -0.917. The summed E-state index contributed by atoms with van der Waals surface area (Å²) in [5.41, 5.74) is 5.14. The molecule has 0 aliphatic carbocycles. The maximum atomic E-state index is 11.2. The Morgan fingerprint density at radius 3 is 2.86 bits per heavy atom. The Hall–Kier alpha value is -1.21. The van der Waals surface area contributed by atoms with E-state index in [2.05, 4.69) is 0 Å². The number of aliphatic carboxylic acids is 1. The summed E-state index contributed by atoms with van der Waals surface area (Å²) in [7, 11) is 0. The number of β-lactam (4-membered cyclic amide) rings is 1. The number of nitrogens with two attached hydrogens (primary N) is 1. The number of hydrogen-bond acceptors (Lipinski definition) is 5. The molecule has 76 valence electrons. The quantitative estimate of drug-likeness (QED) is 0.490. The normalized spacial score (nSPS) is 31.2. The zero-order valence-electron chi connectivity index (χ0n) is 7.01. The van der Waals surface area contributed by atoms with Crippen LogP contribution in [-0.2, 0) is 9.59 Å². The van der Waals surface area contributed by atoms with Crippen LogP contribution in [-0.4, -0.2) is 44.2 Å². The highest BCUT2D eigenvalue weighted by molar-refractivity contribution is 8.00. The van der Waals surface area contributed by atoms with Gasteiger partial charge in [0.05, 0.1) is 5.75 Å². The predicted molar refractivity (Wildman–Crippen MR) is 48.4 cm³/mol. The molecule has 2 rings (SSSR count). The second kappa shape index (κ2) is 2.89. The molecule has 2 aliphatic heterocycles. The van der Waals surface area contributed by atoms with E-state index >= 15 is 0 Å². The summed E-state index contributed by atoms with van der Waals surface area (Å²) >= 11 is 1.26. The van der Waals surface area contributed by atoms with E-state index in [-0.39, 0.29) is 22.6 Å². The number of fused-ring (bicyclic) bond motifs is 1. The lowest BCUT2D eigenvalue weighted by Gasteiger charge is -2.46. The molecule has 1 amide bonds. The Labute approximate surface area is 83.4 Å². The summed E-state index contributed by atoms with van der Waals surface area (Å²) in [5, 5.41) is 17.7. The fourth-order valence-corrected chi connectivity index (χ4v) is 2.65. The van der Waals surface area contributed by atoms with Gasteiger partial charge in [-0.15, -0.1) is 11.8 Å². The number of carbonyl (C=O) groups is 2. The minimum absolute atomic E-state index is 0.184. The molecule has 2 aliphatic rings. The second-order valence-corrected chi connectivity index (χ2v) is 4.14. The average Bonchev–Trinajstić information content (AvgIpc) is 2.15. The summed E-state index contributed by atoms with van der Waals surface area (Å²) < 4.78 is 0. The van der Waals surface area contributed by atoms with E-state index in [0.29, 0.717) is 0 Å². The van der Waals surface area contributed by atoms with E-state index < -0.39 is 17.9 Å². The van der Waals surface area contributed by atoms with Gasteiger partial charge >= 0.3 is 5.97 Å². The van der Waals surface area contributed by atoms with E-state index in [1.807, 2.05) is 0 Å². The molecule has 2 heterocycles. The lowest BCUT2D eigenvalue weighted by molar-refractivity contribution is -0.148. The van der Waals surface area contributed by atoms with Crippen molar-refractivity contribution in [2.75, 3.05) is 5.75 Å². The molecule has 4 N–H and O–H groups in total. The number of aliphatic hydroxyl groups excluding tert-OH is 1. The maximum absolute atomic E-state index is 11.2. The van der Waals surface area contributed by atoms with Crippen LogP contribution in [0.25, 0.3) is 0 Å². The highest BCUT2D eigenvalue weighted by Gasteiger charge is 2.52. The Balaban J connectivity index is 2.37. The van der Waals surface area contributed by atoms with Crippen LogP contribution in [0.4, 0.5) is 0 Å². The van der Waals surface area contributed by atoms with Gasteiger partial charge in [-0.3, -0.25) is 9.69 Å². The largest absolute Gasteiger partial charge is 0.509 e. The molecule has 2 atom stereocenters. The van der Waals surface area contributed by atoms with Crippen molar-refractivity contribution in [3.8, 4) is 0 Å². The van der Waals surface area contributed by atoms with Gasteiger partial charge in [-0.2, -0.15) is 0 Å². The first-order chi connectivity index (χ1) is 6.54. The van der Waals surface area contributed by atoms with Crippen LogP contribution >= 0.6 is 11.8 Å². The van der Waals surface area contributed by atoms with Gasteiger partial charge in [-0.05, 0) is 0 Å². The van der Waals surface area contributed by atoms with E-state index in [4.69, 9.17) is 10.8 Å². The summed E-state index contributed by atoms with van der Waals surface area (Å²) in [6.07, 6.45) is 0. The summed E-state index contributed by atoms with van der Waals surface area (Å²) in [5.74, 6) is -1.85. The third-order valence-electron chi connectivity index (χ3n) is 2.19. The third kappa shape index (κ3) is 1.02. The van der Waals surface area contributed by atoms with Gasteiger partial charge in [-0.25, -0.2) is 4.79 Å². The van der Waals surface area contributed by atoms with E-state index in [0.717, 1.165) is 4.90 Å². The summed E-state index contributed by atoms with van der Waals surface area (Å²) in [4.78, 5) is 23.0. The molecule has 0 aromatic carbocycles.